The molecule has 3 aromatic rings. The van der Waals surface area contributed by atoms with Crippen LogP contribution < -0.4 is 20.1 Å². The fourth-order valence-electron chi connectivity index (χ4n) is 4.77. The fourth-order valence-corrected chi connectivity index (χ4v) is 6.11. The van der Waals surface area contributed by atoms with Crippen molar-refractivity contribution in [3.05, 3.63) is 71.3 Å². The number of nitrogens with one attached hydrogen (secondary N) is 2. The molecule has 5 rings (SSSR count). The zero-order valence-corrected chi connectivity index (χ0v) is 21.8. The van der Waals surface area contributed by atoms with E-state index in [1.807, 2.05) is 54.6 Å². The van der Waals surface area contributed by atoms with Crippen LogP contribution in [0.5, 0.6) is 5.75 Å². The van der Waals surface area contributed by atoms with Crippen LogP contribution >= 0.6 is 24.8 Å². The number of rotatable bonds is 6. The average Bonchev–Trinajstić information content (AvgIpc) is 3.46. The Kier molecular flexibility index (Phi) is 8.21. The number of hydrogen-bond donors (Lipinski definition) is 3. The summed E-state index contributed by atoms with van der Waals surface area (Å²) < 4.78 is 34.0. The smallest absolute Gasteiger partial charge is 0.235 e. The highest BCUT2D eigenvalue weighted by Crippen LogP contribution is 2.44. The molecule has 2 heterocycles. The summed E-state index contributed by atoms with van der Waals surface area (Å²) in [5.74, 6) is 0.814. The lowest BCUT2D eigenvalue weighted by atomic mass is 9.98. The van der Waals surface area contributed by atoms with Crippen molar-refractivity contribution in [3.8, 4) is 5.75 Å². The van der Waals surface area contributed by atoms with Crippen LogP contribution in [0.4, 0.5) is 5.69 Å². The number of halogens is 2. The van der Waals surface area contributed by atoms with Gasteiger partial charge < -0.3 is 15.8 Å². The molecule has 7 nitrogen and oxygen atoms in total. The van der Waals surface area contributed by atoms with Gasteiger partial charge in [0.2, 0.25) is 10.0 Å². The first-order chi connectivity index (χ1) is 15.9. The van der Waals surface area contributed by atoms with Crippen molar-refractivity contribution in [1.29, 1.82) is 5.41 Å². The van der Waals surface area contributed by atoms with Crippen molar-refractivity contribution >= 4 is 57.1 Å². The van der Waals surface area contributed by atoms with Gasteiger partial charge in [-0.15, -0.1) is 24.8 Å². The molecule has 1 fully saturated rings. The van der Waals surface area contributed by atoms with E-state index in [9.17, 15) is 8.42 Å². The maximum Gasteiger partial charge on any atom is 0.235 e. The number of nitrogens with two attached hydrogens (primary N) is 1. The van der Waals surface area contributed by atoms with E-state index in [1.165, 1.54) is 0 Å². The van der Waals surface area contributed by atoms with Crippen LogP contribution in [-0.4, -0.2) is 39.2 Å². The molecule has 10 heteroatoms. The lowest BCUT2D eigenvalue weighted by Gasteiger charge is -2.27. The highest BCUT2D eigenvalue weighted by atomic mass is 35.5. The Hall–Kier alpha value is -2.52. The molecule has 1 saturated heterocycles. The van der Waals surface area contributed by atoms with E-state index in [-0.39, 0.29) is 48.5 Å². The molecule has 188 valence electrons. The van der Waals surface area contributed by atoms with Crippen molar-refractivity contribution in [3.63, 3.8) is 0 Å². The van der Waals surface area contributed by atoms with Gasteiger partial charge in [0.15, 0.2) is 0 Å². The molecule has 2 aliphatic heterocycles. The molecule has 0 bridgehead atoms. The number of sulfonamides is 1. The summed E-state index contributed by atoms with van der Waals surface area (Å²) in [5.41, 5.74) is 8.93. The summed E-state index contributed by atoms with van der Waals surface area (Å²) in [6.07, 6.45) is 1.69. The normalized spacial score (nSPS) is 19.1. The largest absolute Gasteiger partial charge is 0.489 e. The second-order valence-corrected chi connectivity index (χ2v) is 10.8. The van der Waals surface area contributed by atoms with Gasteiger partial charge in [-0.25, -0.2) is 8.42 Å². The quantitative estimate of drug-likeness (QED) is 0.323. The Bertz CT molecular complexity index is 1340. The second kappa shape index (κ2) is 10.6. The predicted molar refractivity (Wildman–Crippen MR) is 146 cm³/mol. The summed E-state index contributed by atoms with van der Waals surface area (Å²) in [6, 6.07) is 17.0. The summed E-state index contributed by atoms with van der Waals surface area (Å²) in [5, 5.41) is 13.0. The zero-order valence-electron chi connectivity index (χ0n) is 19.4. The Balaban J connectivity index is 0.00000171. The molecule has 2 atom stereocenters. The first-order valence-electron chi connectivity index (χ1n) is 11.3. The highest BCUT2D eigenvalue weighted by Gasteiger charge is 2.38. The Labute approximate surface area is 218 Å². The van der Waals surface area contributed by atoms with E-state index in [0.29, 0.717) is 12.0 Å². The predicted octanol–water partition coefficient (Wildman–Crippen LogP) is 4.16. The molecular formula is C25H30Cl2N4O3S. The van der Waals surface area contributed by atoms with E-state index in [4.69, 9.17) is 15.9 Å². The van der Waals surface area contributed by atoms with E-state index in [2.05, 4.69) is 5.32 Å². The molecule has 0 radical (unpaired) electrons. The van der Waals surface area contributed by atoms with Gasteiger partial charge in [0.1, 0.15) is 17.7 Å². The number of anilines is 1. The third-order valence-electron chi connectivity index (χ3n) is 6.53. The van der Waals surface area contributed by atoms with Crippen molar-refractivity contribution < 1.29 is 13.2 Å². The SMILES string of the molecule is CCS(=O)(=O)N1c2ccc(O[C@H]3CCNC3)cc2C[C@@H]1c1ccc2ccc(C(=N)N)cc2c1.Cl.Cl. The first kappa shape index (κ1) is 27.1. The van der Waals surface area contributed by atoms with Crippen molar-refractivity contribution in [1.82, 2.24) is 5.32 Å². The lowest BCUT2D eigenvalue weighted by molar-refractivity contribution is 0.223. The molecule has 0 unspecified atom stereocenters. The van der Waals surface area contributed by atoms with Gasteiger partial charge in [-0.05, 0) is 72.1 Å². The molecule has 4 N–H and O–H groups in total. The minimum Gasteiger partial charge on any atom is -0.489 e. The minimum atomic E-state index is -3.49. The number of ether oxygens (including phenoxy) is 1. The Morgan fingerprint density at radius 1 is 1.11 bits per heavy atom. The van der Waals surface area contributed by atoms with Crippen LogP contribution in [0.1, 0.15) is 36.1 Å². The molecule has 0 saturated carbocycles. The third kappa shape index (κ3) is 5.21. The summed E-state index contributed by atoms with van der Waals surface area (Å²) in [4.78, 5) is 0. The molecular weight excluding hydrogens is 507 g/mol. The van der Waals surface area contributed by atoms with Crippen molar-refractivity contribution in [2.24, 2.45) is 5.73 Å². The number of benzene rings is 3. The summed E-state index contributed by atoms with van der Waals surface area (Å²) >= 11 is 0. The second-order valence-electron chi connectivity index (χ2n) is 8.67. The molecule has 0 aromatic heterocycles. The van der Waals surface area contributed by atoms with Gasteiger partial charge in [0, 0.05) is 18.5 Å². The fraction of sp³-hybridized carbons (Fsp3) is 0.320. The van der Waals surface area contributed by atoms with E-state index in [1.54, 1.807) is 11.2 Å². The van der Waals surface area contributed by atoms with E-state index >= 15 is 0 Å². The third-order valence-corrected chi connectivity index (χ3v) is 8.31. The highest BCUT2D eigenvalue weighted by molar-refractivity contribution is 7.92. The van der Waals surface area contributed by atoms with Crippen LogP contribution in [0.15, 0.2) is 54.6 Å². The number of amidine groups is 1. The van der Waals surface area contributed by atoms with Gasteiger partial charge in [0.25, 0.3) is 0 Å². The molecule has 0 spiro atoms. The topological polar surface area (TPSA) is 109 Å². The number of hydrogen-bond acceptors (Lipinski definition) is 5. The van der Waals surface area contributed by atoms with E-state index < -0.39 is 10.0 Å². The van der Waals surface area contributed by atoms with Gasteiger partial charge in [-0.1, -0.05) is 24.3 Å². The standard InChI is InChI=1S/C25H28N4O3S.2ClH/c1-2-33(30,31)29-23-8-7-21(32-22-9-10-28-15-22)13-20(23)14-24(29)17-5-3-16-4-6-18(25(26)27)12-19(16)11-17;;/h3-8,11-13,22,24,28H,2,9-10,14-15H2,1H3,(H3,26,27);2*1H/t22-,24+;;/m0../s1. The van der Waals surface area contributed by atoms with E-state index in [0.717, 1.165) is 52.8 Å². The lowest BCUT2D eigenvalue weighted by Crippen LogP contribution is -2.33. The van der Waals surface area contributed by atoms with Crippen LogP contribution in [0.3, 0.4) is 0 Å². The minimum absolute atomic E-state index is 0. The molecule has 3 aromatic carbocycles. The maximum atomic E-state index is 13.2. The zero-order chi connectivity index (χ0) is 23.2. The van der Waals surface area contributed by atoms with Crippen LogP contribution in [0.25, 0.3) is 10.8 Å². The summed E-state index contributed by atoms with van der Waals surface area (Å²) in [7, 11) is -3.49. The van der Waals surface area contributed by atoms with Gasteiger partial charge in [-0.2, -0.15) is 0 Å². The van der Waals surface area contributed by atoms with Crippen LogP contribution in [0, 0.1) is 5.41 Å². The van der Waals surface area contributed by atoms with Gasteiger partial charge in [-0.3, -0.25) is 9.71 Å². The number of nitrogens with zero attached hydrogens (tertiary/aromatic N) is 1. The average molecular weight is 538 g/mol. The van der Waals surface area contributed by atoms with Gasteiger partial charge in [0.05, 0.1) is 17.5 Å². The molecule has 35 heavy (non-hydrogen) atoms. The van der Waals surface area contributed by atoms with Crippen LogP contribution in [0.2, 0.25) is 0 Å². The van der Waals surface area contributed by atoms with Crippen LogP contribution in [-0.2, 0) is 16.4 Å². The molecule has 0 aliphatic carbocycles. The Morgan fingerprint density at radius 3 is 2.57 bits per heavy atom. The number of fused-ring (bicyclic) bond motifs is 2. The number of nitrogen functional groups attached to an aromatic ring is 1. The molecule has 2 aliphatic rings. The molecule has 0 amide bonds. The van der Waals surface area contributed by atoms with Crippen molar-refractivity contribution in [2.75, 3.05) is 23.1 Å². The van der Waals surface area contributed by atoms with Gasteiger partial charge >= 0.3 is 0 Å². The monoisotopic (exact) mass is 536 g/mol. The maximum absolute atomic E-state index is 13.2. The Morgan fingerprint density at radius 2 is 1.89 bits per heavy atom. The first-order valence-corrected chi connectivity index (χ1v) is 12.9. The summed E-state index contributed by atoms with van der Waals surface area (Å²) in [6.45, 7) is 3.46. The van der Waals surface area contributed by atoms with Crippen molar-refractivity contribution in [2.45, 2.75) is 31.9 Å².